The number of rotatable bonds is 7. The lowest BCUT2D eigenvalue weighted by atomic mass is 9.99. The van der Waals surface area contributed by atoms with Crippen LogP contribution in [0.3, 0.4) is 0 Å². The molecular weight excluding hydrogens is 380 g/mol. The number of hydrogen-bond donors (Lipinski definition) is 0. The topological polar surface area (TPSA) is 40.6 Å². The van der Waals surface area contributed by atoms with E-state index in [9.17, 15) is 9.59 Å². The second kappa shape index (κ2) is 9.18. The van der Waals surface area contributed by atoms with Gasteiger partial charge in [-0.05, 0) is 28.6 Å². The highest BCUT2D eigenvalue weighted by Gasteiger charge is 2.40. The van der Waals surface area contributed by atoms with Gasteiger partial charge in [-0.1, -0.05) is 91.0 Å². The molecular formula is C24H22N2O2S. The fourth-order valence-corrected chi connectivity index (χ4v) is 4.93. The van der Waals surface area contributed by atoms with Crippen LogP contribution in [0, 0.1) is 0 Å². The van der Waals surface area contributed by atoms with Crippen LogP contribution in [0.4, 0.5) is 0 Å². The van der Waals surface area contributed by atoms with Crippen LogP contribution in [0.25, 0.3) is 0 Å². The molecule has 3 aromatic carbocycles. The molecule has 0 amide bonds. The Labute approximate surface area is 175 Å². The maximum Gasteiger partial charge on any atom is 0.223 e. The van der Waals surface area contributed by atoms with E-state index in [1.165, 1.54) is 11.9 Å². The van der Waals surface area contributed by atoms with Crippen LogP contribution in [0.5, 0.6) is 0 Å². The first-order valence-electron chi connectivity index (χ1n) is 9.56. The number of carbonyl (C=O) groups is 2. The first-order chi connectivity index (χ1) is 14.3. The molecule has 1 heterocycles. The van der Waals surface area contributed by atoms with Gasteiger partial charge in [0.15, 0.2) is 6.29 Å². The molecule has 0 bridgehead atoms. The van der Waals surface area contributed by atoms with E-state index >= 15 is 0 Å². The number of carbonyl (C=O) groups excluding carboxylic acids is 2. The lowest BCUT2D eigenvalue weighted by Gasteiger charge is -2.27. The van der Waals surface area contributed by atoms with Gasteiger partial charge in [0, 0.05) is 6.54 Å². The fourth-order valence-electron chi connectivity index (χ4n) is 3.66. The normalized spacial score (nSPS) is 17.5. The molecule has 0 spiro atoms. The average Bonchev–Trinajstić information content (AvgIpc) is 3.18. The minimum atomic E-state index is -0.511. The Morgan fingerprint density at radius 1 is 0.897 bits per heavy atom. The predicted octanol–water partition coefficient (Wildman–Crippen LogP) is 4.29. The summed E-state index contributed by atoms with van der Waals surface area (Å²) in [5, 5.41) is -0.511. The van der Waals surface area contributed by atoms with E-state index in [1.54, 1.807) is 0 Å². The van der Waals surface area contributed by atoms with Gasteiger partial charge in [0.05, 0.1) is 12.7 Å². The van der Waals surface area contributed by atoms with Gasteiger partial charge in [0.25, 0.3) is 0 Å². The number of Topliss-reactive ketones (excluding diaryl/α,β-unsaturated/α-hetero) is 1. The van der Waals surface area contributed by atoms with Crippen LogP contribution < -0.4 is 0 Å². The van der Waals surface area contributed by atoms with Gasteiger partial charge in [-0.3, -0.25) is 14.5 Å². The lowest BCUT2D eigenvalue weighted by Crippen LogP contribution is -2.35. The summed E-state index contributed by atoms with van der Waals surface area (Å²) in [6.07, 6.45) is 0.444. The summed E-state index contributed by atoms with van der Waals surface area (Å²) in [4.78, 5) is 25.8. The van der Waals surface area contributed by atoms with Gasteiger partial charge < -0.3 is 0 Å². The molecule has 1 saturated heterocycles. The second-order valence-corrected chi connectivity index (χ2v) is 8.12. The number of nitrogens with zero attached hydrogens (tertiary/aromatic N) is 2. The van der Waals surface area contributed by atoms with Crippen molar-refractivity contribution in [2.75, 3.05) is 6.67 Å². The minimum Gasteiger partial charge on any atom is -0.295 e. The molecule has 3 aromatic rings. The highest BCUT2D eigenvalue weighted by Crippen LogP contribution is 2.41. The van der Waals surface area contributed by atoms with E-state index in [0.717, 1.165) is 16.7 Å². The van der Waals surface area contributed by atoms with E-state index in [0.29, 0.717) is 19.5 Å². The second-order valence-electron chi connectivity index (χ2n) is 6.99. The van der Waals surface area contributed by atoms with Crippen molar-refractivity contribution in [1.29, 1.82) is 0 Å². The zero-order valence-electron chi connectivity index (χ0n) is 15.9. The van der Waals surface area contributed by atoms with E-state index in [1.807, 2.05) is 66.7 Å². The van der Waals surface area contributed by atoms with Crippen molar-refractivity contribution in [2.45, 2.75) is 18.0 Å². The van der Waals surface area contributed by atoms with Crippen LogP contribution in [-0.4, -0.2) is 33.3 Å². The standard InChI is InChI=1S/C24H22N2O2S/c27-17-22(28)24-25(16-19-10-4-1-5-11-19)18-26(29-24)23(20-12-6-2-7-13-20)21-14-8-3-9-15-21/h1-15,17,23-24H,16,18H2. The van der Waals surface area contributed by atoms with Crippen LogP contribution in [0.2, 0.25) is 0 Å². The van der Waals surface area contributed by atoms with Crippen molar-refractivity contribution in [3.05, 3.63) is 108 Å². The van der Waals surface area contributed by atoms with Crippen LogP contribution in [0.15, 0.2) is 91.0 Å². The summed E-state index contributed by atoms with van der Waals surface area (Å²) >= 11 is 1.45. The Hall–Kier alpha value is -2.73. The van der Waals surface area contributed by atoms with E-state index in [4.69, 9.17) is 0 Å². The molecule has 146 valence electrons. The monoisotopic (exact) mass is 402 g/mol. The summed E-state index contributed by atoms with van der Waals surface area (Å²) in [5.41, 5.74) is 3.43. The Bertz CT molecular complexity index is 911. The Balaban J connectivity index is 1.66. The maximum atomic E-state index is 12.4. The van der Waals surface area contributed by atoms with E-state index < -0.39 is 11.2 Å². The molecule has 1 aliphatic rings. The smallest absolute Gasteiger partial charge is 0.223 e. The number of ketones is 1. The van der Waals surface area contributed by atoms with Crippen LogP contribution >= 0.6 is 11.9 Å². The molecule has 1 fully saturated rings. The molecule has 0 aromatic heterocycles. The number of hydrogen-bond acceptors (Lipinski definition) is 5. The molecule has 1 unspecified atom stereocenters. The molecule has 1 atom stereocenters. The zero-order valence-corrected chi connectivity index (χ0v) is 16.7. The van der Waals surface area contributed by atoms with Gasteiger partial charge in [-0.15, -0.1) is 0 Å². The molecule has 5 heteroatoms. The largest absolute Gasteiger partial charge is 0.295 e. The molecule has 0 saturated carbocycles. The summed E-state index contributed by atoms with van der Waals surface area (Å²) in [6, 6.07) is 30.6. The minimum absolute atomic E-state index is 0.00914. The average molecular weight is 403 g/mol. The van der Waals surface area contributed by atoms with Crippen molar-refractivity contribution >= 4 is 24.0 Å². The quantitative estimate of drug-likeness (QED) is 0.335. The number of aldehydes is 1. The third-order valence-corrected chi connectivity index (χ3v) is 6.32. The zero-order chi connectivity index (χ0) is 20.1. The highest BCUT2D eigenvalue weighted by molar-refractivity contribution is 7.98. The van der Waals surface area contributed by atoms with Crippen molar-refractivity contribution in [2.24, 2.45) is 0 Å². The third kappa shape index (κ3) is 4.48. The van der Waals surface area contributed by atoms with Crippen molar-refractivity contribution in [3.63, 3.8) is 0 Å². The molecule has 29 heavy (non-hydrogen) atoms. The third-order valence-electron chi connectivity index (χ3n) is 4.99. The van der Waals surface area contributed by atoms with Crippen molar-refractivity contribution < 1.29 is 9.59 Å². The Morgan fingerprint density at radius 2 is 1.41 bits per heavy atom. The SMILES string of the molecule is O=CC(=O)C1SN(C(c2ccccc2)c2ccccc2)CN1Cc1ccccc1. The highest BCUT2D eigenvalue weighted by atomic mass is 32.2. The lowest BCUT2D eigenvalue weighted by molar-refractivity contribution is -0.131. The predicted molar refractivity (Wildman–Crippen MR) is 116 cm³/mol. The molecule has 4 rings (SSSR count). The molecule has 4 nitrogen and oxygen atoms in total. The molecule has 0 N–H and O–H groups in total. The molecule has 0 radical (unpaired) electrons. The first-order valence-corrected chi connectivity index (χ1v) is 10.4. The maximum absolute atomic E-state index is 12.4. The fraction of sp³-hybridized carbons (Fsp3) is 0.167. The van der Waals surface area contributed by atoms with Crippen molar-refractivity contribution in [1.82, 2.24) is 9.21 Å². The number of benzene rings is 3. The summed E-state index contributed by atoms with van der Waals surface area (Å²) in [6.45, 7) is 1.20. The first kappa shape index (κ1) is 19.6. The van der Waals surface area contributed by atoms with Gasteiger partial charge in [0.1, 0.15) is 5.37 Å². The van der Waals surface area contributed by atoms with Crippen LogP contribution in [0.1, 0.15) is 22.7 Å². The molecule has 1 aliphatic heterocycles. The summed E-state index contributed by atoms with van der Waals surface area (Å²) in [5.74, 6) is -0.395. The Morgan fingerprint density at radius 3 is 1.93 bits per heavy atom. The van der Waals surface area contributed by atoms with E-state index in [2.05, 4.69) is 33.5 Å². The van der Waals surface area contributed by atoms with Gasteiger partial charge in [-0.2, -0.15) is 0 Å². The van der Waals surface area contributed by atoms with Crippen molar-refractivity contribution in [3.8, 4) is 0 Å². The van der Waals surface area contributed by atoms with Gasteiger partial charge in [-0.25, -0.2) is 4.31 Å². The van der Waals surface area contributed by atoms with Gasteiger partial charge >= 0.3 is 0 Å². The molecule has 0 aliphatic carbocycles. The summed E-state index contributed by atoms with van der Waals surface area (Å²) in [7, 11) is 0. The van der Waals surface area contributed by atoms with Crippen LogP contribution in [-0.2, 0) is 16.1 Å². The van der Waals surface area contributed by atoms with E-state index in [-0.39, 0.29) is 6.04 Å². The van der Waals surface area contributed by atoms with Gasteiger partial charge in [0.2, 0.25) is 5.78 Å². The summed E-state index contributed by atoms with van der Waals surface area (Å²) < 4.78 is 2.21. The Kier molecular flexibility index (Phi) is 6.20.